The van der Waals surface area contributed by atoms with Crippen molar-refractivity contribution in [2.75, 3.05) is 11.5 Å². The quantitative estimate of drug-likeness (QED) is 0.449. The van der Waals surface area contributed by atoms with Crippen LogP contribution in [0.15, 0.2) is 12.2 Å². The second-order valence-electron chi connectivity index (χ2n) is 8.23. The molecule has 3 rings (SSSR count). The third-order valence-corrected chi connectivity index (χ3v) is 7.38. The lowest BCUT2D eigenvalue weighted by molar-refractivity contribution is 0.0594. The Kier molecular flexibility index (Phi) is 7.71. The van der Waals surface area contributed by atoms with Crippen molar-refractivity contribution in [3.05, 3.63) is 12.2 Å². The smallest absolute Gasteiger partial charge is 0.0777 e. The van der Waals surface area contributed by atoms with Crippen molar-refractivity contribution in [1.82, 2.24) is 0 Å². The standard InChI is InChI=1S/C21H36O3S/c1-2-25-13-5-8-18(23)21-17(19-11-12-20(21)24-19)10-9-16(22)14-15-6-3-4-7-15/h5,8,15-23H,2-4,6-7,9-14H2,1H3/t16?,17-,18-,19?,20-,21-/m0/s1. The van der Waals surface area contributed by atoms with E-state index < -0.39 is 6.10 Å². The molecule has 0 aromatic rings. The maximum Gasteiger partial charge on any atom is 0.0777 e. The van der Waals surface area contributed by atoms with Gasteiger partial charge < -0.3 is 14.9 Å². The van der Waals surface area contributed by atoms with E-state index in [1.54, 1.807) is 0 Å². The Bertz CT molecular complexity index is 421. The second-order valence-corrected chi connectivity index (χ2v) is 9.55. The van der Waals surface area contributed by atoms with E-state index in [4.69, 9.17) is 4.74 Å². The molecule has 2 unspecified atom stereocenters. The number of aliphatic hydroxyl groups excluding tert-OH is 2. The van der Waals surface area contributed by atoms with E-state index in [1.165, 1.54) is 25.7 Å². The number of aliphatic hydroxyl groups is 2. The zero-order valence-electron chi connectivity index (χ0n) is 15.7. The summed E-state index contributed by atoms with van der Waals surface area (Å²) in [4.78, 5) is 0. The lowest BCUT2D eigenvalue weighted by Gasteiger charge is -2.31. The molecular formula is C21H36O3S. The summed E-state index contributed by atoms with van der Waals surface area (Å²) >= 11 is 1.88. The highest BCUT2D eigenvalue weighted by atomic mass is 32.2. The van der Waals surface area contributed by atoms with Gasteiger partial charge in [-0.15, -0.1) is 0 Å². The van der Waals surface area contributed by atoms with Crippen LogP contribution in [0.5, 0.6) is 0 Å². The fourth-order valence-corrected chi connectivity index (χ4v) is 5.79. The van der Waals surface area contributed by atoms with Crippen molar-refractivity contribution < 1.29 is 14.9 Å². The molecule has 1 aliphatic carbocycles. The Hall–Kier alpha value is -0.0300. The average molecular weight is 369 g/mol. The maximum atomic E-state index is 10.7. The Balaban J connectivity index is 1.48. The van der Waals surface area contributed by atoms with E-state index >= 15 is 0 Å². The predicted octanol–water partition coefficient (Wildman–Crippen LogP) is 4.17. The first-order valence-electron chi connectivity index (χ1n) is 10.4. The Morgan fingerprint density at radius 3 is 2.64 bits per heavy atom. The number of rotatable bonds is 10. The van der Waals surface area contributed by atoms with Crippen LogP contribution in [-0.2, 0) is 4.74 Å². The summed E-state index contributed by atoms with van der Waals surface area (Å²) < 4.78 is 6.13. The predicted molar refractivity (Wildman–Crippen MR) is 105 cm³/mol. The molecule has 0 spiro atoms. The molecule has 4 heteroatoms. The fourth-order valence-electron chi connectivity index (χ4n) is 5.31. The zero-order chi connectivity index (χ0) is 17.6. The molecule has 25 heavy (non-hydrogen) atoms. The topological polar surface area (TPSA) is 49.7 Å². The van der Waals surface area contributed by atoms with Gasteiger partial charge >= 0.3 is 0 Å². The molecule has 2 heterocycles. The van der Waals surface area contributed by atoms with Gasteiger partial charge in [-0.3, -0.25) is 0 Å². The van der Waals surface area contributed by atoms with Gasteiger partial charge in [-0.1, -0.05) is 44.8 Å². The van der Waals surface area contributed by atoms with Crippen LogP contribution in [0.1, 0.15) is 64.7 Å². The van der Waals surface area contributed by atoms with Crippen LogP contribution in [0.3, 0.4) is 0 Å². The van der Waals surface area contributed by atoms with Gasteiger partial charge in [0.2, 0.25) is 0 Å². The fraction of sp³-hybridized carbons (Fsp3) is 0.905. The first kappa shape index (κ1) is 19.7. The van der Waals surface area contributed by atoms with E-state index in [1.807, 2.05) is 17.8 Å². The first-order chi connectivity index (χ1) is 12.2. The van der Waals surface area contributed by atoms with Crippen molar-refractivity contribution in [2.24, 2.45) is 17.8 Å². The zero-order valence-corrected chi connectivity index (χ0v) is 16.5. The van der Waals surface area contributed by atoms with Crippen LogP contribution in [0.25, 0.3) is 0 Å². The molecule has 0 aromatic heterocycles. The molecule has 0 amide bonds. The molecule has 3 nitrogen and oxygen atoms in total. The molecule has 2 N–H and O–H groups in total. The minimum Gasteiger partial charge on any atom is -0.393 e. The number of thioether (sulfide) groups is 1. The van der Waals surface area contributed by atoms with Gasteiger partial charge in [-0.25, -0.2) is 0 Å². The molecule has 0 aromatic carbocycles. The van der Waals surface area contributed by atoms with Crippen LogP contribution in [0, 0.1) is 17.8 Å². The van der Waals surface area contributed by atoms with Crippen LogP contribution in [0.4, 0.5) is 0 Å². The summed E-state index contributed by atoms with van der Waals surface area (Å²) in [5.41, 5.74) is 0. The number of fused-ring (bicyclic) bond motifs is 2. The summed E-state index contributed by atoms with van der Waals surface area (Å²) in [5, 5.41) is 21.1. The molecule has 2 bridgehead atoms. The van der Waals surface area contributed by atoms with Crippen LogP contribution in [0.2, 0.25) is 0 Å². The van der Waals surface area contributed by atoms with Gasteiger partial charge in [-0.2, -0.15) is 11.8 Å². The summed E-state index contributed by atoms with van der Waals surface area (Å²) in [6.07, 6.45) is 14.4. The van der Waals surface area contributed by atoms with Gasteiger partial charge in [0, 0.05) is 11.7 Å². The molecule has 6 atom stereocenters. The molecule has 2 aliphatic heterocycles. The molecule has 1 saturated carbocycles. The first-order valence-corrected chi connectivity index (χ1v) is 11.6. The van der Waals surface area contributed by atoms with E-state index in [9.17, 15) is 10.2 Å². The summed E-state index contributed by atoms with van der Waals surface area (Å²) in [7, 11) is 0. The molecule has 3 fully saturated rings. The maximum absolute atomic E-state index is 10.7. The lowest BCUT2D eigenvalue weighted by atomic mass is 9.73. The van der Waals surface area contributed by atoms with E-state index in [0.29, 0.717) is 12.0 Å². The summed E-state index contributed by atoms with van der Waals surface area (Å²) in [6, 6.07) is 0. The molecule has 0 radical (unpaired) electrons. The summed E-state index contributed by atoms with van der Waals surface area (Å²) in [5.74, 6) is 3.46. The largest absolute Gasteiger partial charge is 0.393 e. The number of ether oxygens (including phenoxy) is 1. The van der Waals surface area contributed by atoms with Crippen LogP contribution < -0.4 is 0 Å². The Morgan fingerprint density at radius 2 is 1.88 bits per heavy atom. The average Bonchev–Trinajstić information content (AvgIpc) is 3.33. The highest BCUT2D eigenvalue weighted by Crippen LogP contribution is 2.47. The molecular weight excluding hydrogens is 332 g/mol. The van der Waals surface area contributed by atoms with Gasteiger partial charge in [0.1, 0.15) is 0 Å². The SMILES string of the molecule is CCSCC=C[C@H](O)[C@H]1[C@@H]2CCC(O2)[C@@H]1CCC(O)CC1CCCC1. The monoisotopic (exact) mass is 368 g/mol. The van der Waals surface area contributed by atoms with Crippen LogP contribution in [-0.4, -0.2) is 46.1 Å². The van der Waals surface area contributed by atoms with Crippen molar-refractivity contribution in [3.63, 3.8) is 0 Å². The van der Waals surface area contributed by atoms with Gasteiger partial charge in [0.15, 0.2) is 0 Å². The van der Waals surface area contributed by atoms with E-state index in [2.05, 4.69) is 13.0 Å². The second kappa shape index (κ2) is 9.77. The van der Waals surface area contributed by atoms with Gasteiger partial charge in [0.05, 0.1) is 24.4 Å². The minimum absolute atomic E-state index is 0.170. The van der Waals surface area contributed by atoms with Crippen molar-refractivity contribution in [3.8, 4) is 0 Å². The minimum atomic E-state index is -0.398. The highest BCUT2D eigenvalue weighted by molar-refractivity contribution is 7.99. The number of hydrogen-bond acceptors (Lipinski definition) is 4. The summed E-state index contributed by atoms with van der Waals surface area (Å²) in [6.45, 7) is 2.16. The van der Waals surface area contributed by atoms with Crippen molar-refractivity contribution >= 4 is 11.8 Å². The third kappa shape index (κ3) is 5.24. The third-order valence-electron chi connectivity index (χ3n) is 6.55. The van der Waals surface area contributed by atoms with Gasteiger partial charge in [0.25, 0.3) is 0 Å². The van der Waals surface area contributed by atoms with E-state index in [0.717, 1.165) is 49.5 Å². The van der Waals surface area contributed by atoms with Crippen LogP contribution >= 0.6 is 11.8 Å². The van der Waals surface area contributed by atoms with Crippen molar-refractivity contribution in [1.29, 1.82) is 0 Å². The lowest BCUT2D eigenvalue weighted by Crippen LogP contribution is -2.36. The molecule has 144 valence electrons. The molecule has 3 aliphatic rings. The van der Waals surface area contributed by atoms with Crippen molar-refractivity contribution in [2.45, 2.75) is 89.1 Å². The Morgan fingerprint density at radius 1 is 1.12 bits per heavy atom. The van der Waals surface area contributed by atoms with E-state index in [-0.39, 0.29) is 18.1 Å². The molecule has 2 saturated heterocycles. The normalized spacial score (nSPS) is 35.0. The van der Waals surface area contributed by atoms with Gasteiger partial charge in [-0.05, 0) is 49.7 Å². The highest BCUT2D eigenvalue weighted by Gasteiger charge is 2.50. The Labute approximate surface area is 157 Å². The number of hydrogen-bond donors (Lipinski definition) is 2.